The van der Waals surface area contributed by atoms with E-state index >= 15 is 0 Å². The van der Waals surface area contributed by atoms with Gasteiger partial charge in [0.2, 0.25) is 0 Å². The van der Waals surface area contributed by atoms with E-state index in [-0.39, 0.29) is 12.2 Å². The Hall–Kier alpha value is -3.43. The van der Waals surface area contributed by atoms with Gasteiger partial charge < -0.3 is 14.0 Å². The first-order chi connectivity index (χ1) is 18.8. The van der Waals surface area contributed by atoms with Crippen molar-refractivity contribution in [2.75, 3.05) is 13.7 Å². The molecule has 5 rings (SSSR count). The Kier molecular flexibility index (Phi) is 7.64. The van der Waals surface area contributed by atoms with Crippen LogP contribution in [0.1, 0.15) is 49.6 Å². The summed E-state index contributed by atoms with van der Waals surface area (Å²) in [5, 5.41) is 1.08. The van der Waals surface area contributed by atoms with E-state index in [2.05, 4.69) is 39.6 Å². The molecule has 0 N–H and O–H groups in total. The molecular weight excluding hydrogens is 578 g/mol. The number of rotatable bonds is 7. The second kappa shape index (κ2) is 11.0. The van der Waals surface area contributed by atoms with Crippen molar-refractivity contribution in [3.63, 3.8) is 0 Å². The zero-order valence-electron chi connectivity index (χ0n) is 22.6. The topological polar surface area (TPSA) is 74.8 Å². The fourth-order valence-electron chi connectivity index (χ4n) is 5.20. The van der Waals surface area contributed by atoms with E-state index in [4.69, 9.17) is 14.5 Å². The summed E-state index contributed by atoms with van der Waals surface area (Å²) in [7, 11) is 3.61. The summed E-state index contributed by atoms with van der Waals surface area (Å²) >= 11 is 4.90. The van der Waals surface area contributed by atoms with Crippen LogP contribution in [0.5, 0.6) is 5.75 Å². The molecule has 4 aromatic rings. The number of carbonyl (C=O) groups excluding carboxylic acids is 1. The minimum absolute atomic E-state index is 0.213. The number of aromatic nitrogens is 2. The summed E-state index contributed by atoms with van der Waals surface area (Å²) in [4.78, 5) is 33.0. The normalized spacial score (nSPS) is 15.4. The van der Waals surface area contributed by atoms with Crippen LogP contribution < -0.4 is 19.6 Å². The number of hydrogen-bond acceptors (Lipinski definition) is 6. The largest absolute Gasteiger partial charge is 0.496 e. The van der Waals surface area contributed by atoms with Gasteiger partial charge in [0, 0.05) is 39.2 Å². The van der Waals surface area contributed by atoms with Crippen LogP contribution in [0.2, 0.25) is 0 Å². The number of allylic oxidation sites excluding steroid dienone is 1. The number of esters is 1. The van der Waals surface area contributed by atoms with Gasteiger partial charge in [0.05, 0.1) is 29.5 Å². The average molecular weight is 609 g/mol. The minimum Gasteiger partial charge on any atom is -0.496 e. The van der Waals surface area contributed by atoms with Crippen LogP contribution in [0.4, 0.5) is 0 Å². The monoisotopic (exact) mass is 607 g/mol. The van der Waals surface area contributed by atoms with Gasteiger partial charge in [-0.25, -0.2) is 9.79 Å². The molecule has 0 fully saturated rings. The lowest BCUT2D eigenvalue weighted by Crippen LogP contribution is -2.40. The molecule has 0 radical (unpaired) electrons. The van der Waals surface area contributed by atoms with Crippen molar-refractivity contribution in [3.05, 3.63) is 94.7 Å². The lowest BCUT2D eigenvalue weighted by atomic mass is 9.93. The van der Waals surface area contributed by atoms with Gasteiger partial charge in [0.1, 0.15) is 11.8 Å². The van der Waals surface area contributed by atoms with Crippen LogP contribution in [0.25, 0.3) is 17.0 Å². The summed E-state index contributed by atoms with van der Waals surface area (Å²) in [5.74, 6) is 0.0955. The molecule has 0 aliphatic carbocycles. The van der Waals surface area contributed by atoms with Gasteiger partial charge in [-0.1, -0.05) is 58.8 Å². The molecule has 0 bridgehead atoms. The summed E-state index contributed by atoms with van der Waals surface area (Å²) in [6.07, 6.45) is 3.31. The van der Waals surface area contributed by atoms with Crippen LogP contribution in [0, 0.1) is 6.92 Å². The molecule has 1 aliphatic heterocycles. The van der Waals surface area contributed by atoms with Crippen LogP contribution in [0.15, 0.2) is 68.0 Å². The Morgan fingerprint density at radius 1 is 1.21 bits per heavy atom. The van der Waals surface area contributed by atoms with Crippen molar-refractivity contribution in [1.29, 1.82) is 0 Å². The molecule has 2 aromatic heterocycles. The number of aryl methyl sites for hydroxylation is 1. The fraction of sp³-hybridized carbons (Fsp3) is 0.300. The van der Waals surface area contributed by atoms with E-state index in [1.54, 1.807) is 18.6 Å². The molecule has 1 atom stereocenters. The first kappa shape index (κ1) is 27.1. The van der Waals surface area contributed by atoms with Crippen LogP contribution in [-0.4, -0.2) is 28.8 Å². The molecular formula is C30H30BrN3O4S. The minimum atomic E-state index is -0.745. The van der Waals surface area contributed by atoms with Gasteiger partial charge in [0.15, 0.2) is 4.80 Å². The predicted molar refractivity (Wildman–Crippen MR) is 158 cm³/mol. The van der Waals surface area contributed by atoms with E-state index in [1.165, 1.54) is 11.3 Å². The number of benzene rings is 2. The smallest absolute Gasteiger partial charge is 0.338 e. The van der Waals surface area contributed by atoms with E-state index in [1.807, 2.05) is 50.4 Å². The number of para-hydroxylation sites is 1. The maximum atomic E-state index is 14.2. The third-order valence-electron chi connectivity index (χ3n) is 7.10. The Morgan fingerprint density at radius 3 is 2.69 bits per heavy atom. The quantitative estimate of drug-likeness (QED) is 0.272. The number of ether oxygens (including phenoxy) is 2. The van der Waals surface area contributed by atoms with Gasteiger partial charge >= 0.3 is 5.97 Å². The van der Waals surface area contributed by atoms with Gasteiger partial charge in [-0.15, -0.1) is 0 Å². The number of hydrogen-bond donors (Lipinski definition) is 0. The second-order valence-electron chi connectivity index (χ2n) is 9.38. The van der Waals surface area contributed by atoms with E-state index in [0.717, 1.165) is 33.1 Å². The number of nitrogens with zero attached hydrogens (tertiary/aromatic N) is 3. The van der Waals surface area contributed by atoms with Crippen LogP contribution in [0.3, 0.4) is 0 Å². The molecule has 1 aliphatic rings. The lowest BCUT2D eigenvalue weighted by molar-refractivity contribution is -0.139. The summed E-state index contributed by atoms with van der Waals surface area (Å²) < 4.78 is 16.3. The van der Waals surface area contributed by atoms with Gasteiger partial charge in [0.25, 0.3) is 5.56 Å². The van der Waals surface area contributed by atoms with Gasteiger partial charge in [-0.3, -0.25) is 9.36 Å². The van der Waals surface area contributed by atoms with Crippen molar-refractivity contribution in [2.24, 2.45) is 12.0 Å². The van der Waals surface area contributed by atoms with Gasteiger partial charge in [-0.05, 0) is 50.6 Å². The highest BCUT2D eigenvalue weighted by Gasteiger charge is 2.36. The average Bonchev–Trinajstić information content (AvgIpc) is 3.36. The van der Waals surface area contributed by atoms with Gasteiger partial charge in [-0.2, -0.15) is 0 Å². The Balaban J connectivity index is 1.84. The SMILES string of the molecule is CCCC1=C(C(=O)OCC)[C@H](c2cc(Br)ccc2OC)n2c(s/c(=C/c3c(C)n(C)c4ccccc34)c2=O)=N1. The van der Waals surface area contributed by atoms with Crippen molar-refractivity contribution >= 4 is 50.2 Å². The zero-order chi connectivity index (χ0) is 27.8. The fourth-order valence-corrected chi connectivity index (χ4v) is 6.58. The lowest BCUT2D eigenvalue weighted by Gasteiger charge is -2.27. The van der Waals surface area contributed by atoms with Crippen molar-refractivity contribution in [3.8, 4) is 5.75 Å². The van der Waals surface area contributed by atoms with Crippen molar-refractivity contribution in [1.82, 2.24) is 9.13 Å². The Bertz CT molecular complexity index is 1810. The second-order valence-corrected chi connectivity index (χ2v) is 11.3. The molecule has 0 amide bonds. The summed E-state index contributed by atoms with van der Waals surface area (Å²) in [6.45, 7) is 6.08. The first-order valence-corrected chi connectivity index (χ1v) is 14.5. The van der Waals surface area contributed by atoms with Crippen molar-refractivity contribution in [2.45, 2.75) is 39.7 Å². The zero-order valence-corrected chi connectivity index (χ0v) is 25.0. The van der Waals surface area contributed by atoms with E-state index < -0.39 is 12.0 Å². The highest BCUT2D eigenvalue weighted by Crippen LogP contribution is 2.38. The molecule has 9 heteroatoms. The highest BCUT2D eigenvalue weighted by molar-refractivity contribution is 9.10. The number of thiazole rings is 1. The van der Waals surface area contributed by atoms with Crippen molar-refractivity contribution < 1.29 is 14.3 Å². The molecule has 0 spiro atoms. The molecule has 202 valence electrons. The molecule has 7 nitrogen and oxygen atoms in total. The number of methoxy groups -OCH3 is 1. The molecule has 0 saturated carbocycles. The van der Waals surface area contributed by atoms with E-state index in [0.29, 0.717) is 38.3 Å². The maximum absolute atomic E-state index is 14.2. The number of fused-ring (bicyclic) bond motifs is 2. The maximum Gasteiger partial charge on any atom is 0.338 e. The molecule has 0 saturated heterocycles. The van der Waals surface area contributed by atoms with E-state index in [9.17, 15) is 9.59 Å². The van der Waals surface area contributed by atoms with Crippen LogP contribution in [-0.2, 0) is 16.6 Å². The predicted octanol–water partition coefficient (Wildman–Crippen LogP) is 5.15. The summed E-state index contributed by atoms with van der Waals surface area (Å²) in [5.41, 5.74) is 4.63. The third kappa shape index (κ3) is 4.67. The molecule has 3 heterocycles. The molecule has 2 aromatic carbocycles. The standard InChI is InChI=1S/C30H30BrN3O4S/c1-6-10-22-26(29(36)38-7-2)27(21-15-18(31)13-14-24(21)37-5)34-28(35)25(39-30(34)32-22)16-20-17(3)33(4)23-12-9-8-11-19(20)23/h8-9,11-16,27H,6-7,10H2,1-5H3/b25-16+/t27-/m0/s1. The number of carbonyl (C=O) groups is 1. The van der Waals surface area contributed by atoms with Crippen LogP contribution >= 0.6 is 27.3 Å². The summed E-state index contributed by atoms with van der Waals surface area (Å²) in [6, 6.07) is 13.0. The molecule has 39 heavy (non-hydrogen) atoms. The Morgan fingerprint density at radius 2 is 1.97 bits per heavy atom. The number of halogens is 1. The third-order valence-corrected chi connectivity index (χ3v) is 8.58. The molecule has 0 unspecified atom stereocenters. The first-order valence-electron chi connectivity index (χ1n) is 12.9. The Labute approximate surface area is 238 Å². The highest BCUT2D eigenvalue weighted by atomic mass is 79.9.